The van der Waals surface area contributed by atoms with Gasteiger partial charge in [-0.1, -0.05) is 68.3 Å². The van der Waals surface area contributed by atoms with Crippen molar-refractivity contribution in [1.82, 2.24) is 15.3 Å². The molecule has 5 aromatic rings. The second kappa shape index (κ2) is 10.7. The van der Waals surface area contributed by atoms with E-state index in [0.717, 1.165) is 52.7 Å². The number of para-hydroxylation sites is 1. The average Bonchev–Trinajstić information content (AvgIpc) is 3.32. The number of anilines is 1. The number of benzene rings is 3. The van der Waals surface area contributed by atoms with Gasteiger partial charge < -0.3 is 15.1 Å². The summed E-state index contributed by atoms with van der Waals surface area (Å²) in [6, 6.07) is 25.6. The van der Waals surface area contributed by atoms with Crippen LogP contribution in [0.1, 0.15) is 32.6 Å². The van der Waals surface area contributed by atoms with Crippen molar-refractivity contribution in [3.05, 3.63) is 78.9 Å². The summed E-state index contributed by atoms with van der Waals surface area (Å²) in [6.07, 6.45) is 3.41. The van der Waals surface area contributed by atoms with Gasteiger partial charge in [-0.3, -0.25) is 4.79 Å². The number of rotatable bonds is 7. The number of nitrogens with one attached hydrogen (secondary N) is 2. The van der Waals surface area contributed by atoms with Crippen molar-refractivity contribution in [2.24, 2.45) is 0 Å². The lowest BCUT2D eigenvalue weighted by molar-refractivity contribution is -0.119. The highest BCUT2D eigenvalue weighted by molar-refractivity contribution is 7.80. The van der Waals surface area contributed by atoms with Gasteiger partial charge in [-0.2, -0.15) is 0 Å². The smallest absolute Gasteiger partial charge is 0.228 e. The minimum absolute atomic E-state index is 0.0791. The van der Waals surface area contributed by atoms with Crippen LogP contribution in [0.25, 0.3) is 44.7 Å². The Kier molecular flexibility index (Phi) is 7.00. The molecule has 0 radical (unpaired) electrons. The number of aromatic nitrogens is 2. The number of hydrogen-bond acceptors (Lipinski definition) is 5. The summed E-state index contributed by atoms with van der Waals surface area (Å²) in [6.45, 7) is 2.11. The molecular weight excluding hydrogens is 468 g/mol. The number of fused-ring (bicyclic) bond motifs is 2. The van der Waals surface area contributed by atoms with Crippen molar-refractivity contribution in [1.29, 1.82) is 0 Å². The normalized spacial score (nSPS) is 11.0. The van der Waals surface area contributed by atoms with E-state index in [9.17, 15) is 4.79 Å². The maximum absolute atomic E-state index is 12.1. The molecule has 0 unspecified atom stereocenters. The Morgan fingerprint density at radius 2 is 1.72 bits per heavy atom. The Bertz CT molecular complexity index is 1550. The molecule has 2 aromatic heterocycles. The molecule has 0 spiro atoms. The quantitative estimate of drug-likeness (QED) is 0.185. The van der Waals surface area contributed by atoms with Crippen LogP contribution in [0.3, 0.4) is 0 Å². The van der Waals surface area contributed by atoms with Crippen LogP contribution >= 0.6 is 12.2 Å². The summed E-state index contributed by atoms with van der Waals surface area (Å²) in [5.74, 6) is 0.439. The Morgan fingerprint density at radius 3 is 2.56 bits per heavy atom. The molecule has 2 N–H and O–H groups in total. The minimum atomic E-state index is -0.0791. The molecule has 0 saturated heterocycles. The molecule has 0 aliphatic rings. The first-order valence-corrected chi connectivity index (χ1v) is 12.5. The first kappa shape index (κ1) is 23.6. The summed E-state index contributed by atoms with van der Waals surface area (Å²) in [7, 11) is 0. The third-order valence-corrected chi connectivity index (χ3v) is 6.13. The number of carbonyl (C=O) groups excluding carboxylic acids is 1. The fourth-order valence-electron chi connectivity index (χ4n) is 4.12. The summed E-state index contributed by atoms with van der Waals surface area (Å²) < 4.78 is 6.16. The molecule has 6 nitrogen and oxygen atoms in total. The van der Waals surface area contributed by atoms with Crippen molar-refractivity contribution >= 4 is 50.9 Å². The molecule has 5 rings (SSSR count). The van der Waals surface area contributed by atoms with Crippen LogP contribution < -0.4 is 10.6 Å². The molecule has 0 saturated carbocycles. The largest absolute Gasteiger partial charge is 0.436 e. The van der Waals surface area contributed by atoms with Crippen LogP contribution in [-0.2, 0) is 4.79 Å². The molecule has 0 bridgehead atoms. The summed E-state index contributed by atoms with van der Waals surface area (Å²) in [5.41, 5.74) is 5.71. The van der Waals surface area contributed by atoms with E-state index in [1.54, 1.807) is 0 Å². The Hall–Kier alpha value is -4.10. The third kappa shape index (κ3) is 5.26. The first-order chi connectivity index (χ1) is 17.6. The predicted octanol–water partition coefficient (Wildman–Crippen LogP) is 7.10. The fourth-order valence-corrected chi connectivity index (χ4v) is 4.35. The van der Waals surface area contributed by atoms with Crippen LogP contribution in [0.15, 0.2) is 83.3 Å². The van der Waals surface area contributed by atoms with Gasteiger partial charge in [-0.15, -0.1) is 0 Å². The Balaban J connectivity index is 1.43. The minimum Gasteiger partial charge on any atom is -0.436 e. The molecule has 0 fully saturated rings. The first-order valence-electron chi connectivity index (χ1n) is 12.1. The number of hydrogen-bond donors (Lipinski definition) is 2. The van der Waals surface area contributed by atoms with Crippen LogP contribution in [-0.4, -0.2) is 21.0 Å². The van der Waals surface area contributed by atoms with Gasteiger partial charge in [0, 0.05) is 28.6 Å². The zero-order chi connectivity index (χ0) is 24.9. The van der Waals surface area contributed by atoms with Gasteiger partial charge in [0.15, 0.2) is 10.7 Å². The van der Waals surface area contributed by atoms with Gasteiger partial charge in [0.05, 0.1) is 11.2 Å². The third-order valence-electron chi connectivity index (χ3n) is 5.92. The van der Waals surface area contributed by atoms with Gasteiger partial charge in [-0.25, -0.2) is 9.97 Å². The number of carbonyl (C=O) groups is 1. The van der Waals surface area contributed by atoms with E-state index in [-0.39, 0.29) is 11.0 Å². The highest BCUT2D eigenvalue weighted by Crippen LogP contribution is 2.33. The van der Waals surface area contributed by atoms with Gasteiger partial charge >= 0.3 is 0 Å². The zero-order valence-corrected chi connectivity index (χ0v) is 20.8. The lowest BCUT2D eigenvalue weighted by Gasteiger charge is -2.09. The number of thiocarbonyl (C=S) groups is 1. The van der Waals surface area contributed by atoms with Gasteiger partial charge in [-0.05, 0) is 49.0 Å². The highest BCUT2D eigenvalue weighted by atomic mass is 32.1. The van der Waals surface area contributed by atoms with Crippen LogP contribution in [0.4, 0.5) is 5.69 Å². The fraction of sp³-hybridized carbons (Fsp3) is 0.172. The number of oxazole rings is 1. The van der Waals surface area contributed by atoms with Crippen LogP contribution in [0.2, 0.25) is 0 Å². The maximum Gasteiger partial charge on any atom is 0.228 e. The monoisotopic (exact) mass is 494 g/mol. The van der Waals surface area contributed by atoms with E-state index in [0.29, 0.717) is 23.4 Å². The van der Waals surface area contributed by atoms with Crippen molar-refractivity contribution in [2.75, 3.05) is 5.32 Å². The Morgan fingerprint density at radius 1 is 0.917 bits per heavy atom. The molecule has 0 aliphatic carbocycles. The second-order valence-corrected chi connectivity index (χ2v) is 9.01. The summed E-state index contributed by atoms with van der Waals surface area (Å²) >= 11 is 5.32. The summed E-state index contributed by atoms with van der Waals surface area (Å²) in [5, 5.41) is 7.05. The van der Waals surface area contributed by atoms with Gasteiger partial charge in [0.25, 0.3) is 0 Å². The van der Waals surface area contributed by atoms with Crippen molar-refractivity contribution < 1.29 is 9.21 Å². The SMILES string of the molecule is CCCCCC(=O)NC(=S)Nc1ccc2oc(-c3cc(-c4ccccc4)nc4ccccc34)nc2c1. The topological polar surface area (TPSA) is 80.0 Å². The number of amides is 1. The Labute approximate surface area is 214 Å². The molecule has 0 atom stereocenters. The molecule has 7 heteroatoms. The highest BCUT2D eigenvalue weighted by Gasteiger charge is 2.15. The van der Waals surface area contributed by atoms with E-state index in [4.69, 9.17) is 26.6 Å². The lowest BCUT2D eigenvalue weighted by atomic mass is 10.0. The molecule has 2 heterocycles. The van der Waals surface area contributed by atoms with Gasteiger partial charge in [0.1, 0.15) is 5.52 Å². The van der Waals surface area contributed by atoms with E-state index in [1.165, 1.54) is 0 Å². The zero-order valence-electron chi connectivity index (χ0n) is 20.0. The molecule has 36 heavy (non-hydrogen) atoms. The standard InChI is InChI=1S/C29H26N4O2S/c1-2-3-5-14-27(34)33-29(36)30-20-15-16-26-25(17-20)32-28(35-26)22-18-24(19-10-6-4-7-11-19)31-23-13-9-8-12-21(22)23/h4,6-13,15-18H,2-3,5,14H2,1H3,(H2,30,33,34,36). The van der Waals surface area contributed by atoms with Gasteiger partial charge in [0.2, 0.25) is 11.8 Å². The molecule has 0 aliphatic heterocycles. The molecule has 1 amide bonds. The van der Waals surface area contributed by atoms with Crippen LogP contribution in [0, 0.1) is 0 Å². The molecule has 180 valence electrons. The van der Waals surface area contributed by atoms with E-state index in [1.807, 2.05) is 78.9 Å². The lowest BCUT2D eigenvalue weighted by Crippen LogP contribution is -2.33. The van der Waals surface area contributed by atoms with E-state index < -0.39 is 0 Å². The summed E-state index contributed by atoms with van der Waals surface area (Å²) in [4.78, 5) is 21.7. The van der Waals surface area contributed by atoms with Crippen molar-refractivity contribution in [3.63, 3.8) is 0 Å². The number of pyridine rings is 1. The molecule has 3 aromatic carbocycles. The predicted molar refractivity (Wildman–Crippen MR) is 149 cm³/mol. The average molecular weight is 495 g/mol. The van der Waals surface area contributed by atoms with E-state index in [2.05, 4.69) is 17.6 Å². The van der Waals surface area contributed by atoms with E-state index >= 15 is 0 Å². The van der Waals surface area contributed by atoms with Crippen molar-refractivity contribution in [3.8, 4) is 22.7 Å². The molecular formula is C29H26N4O2S. The van der Waals surface area contributed by atoms with Crippen molar-refractivity contribution in [2.45, 2.75) is 32.6 Å². The number of nitrogens with zero attached hydrogens (tertiary/aromatic N) is 2. The van der Waals surface area contributed by atoms with Crippen LogP contribution in [0.5, 0.6) is 0 Å². The second-order valence-electron chi connectivity index (χ2n) is 8.60. The maximum atomic E-state index is 12.1. The number of unbranched alkanes of at least 4 members (excludes halogenated alkanes) is 2.